The number of carboxylic acid groups (broad SMARTS) is 1. The average Bonchev–Trinajstić information content (AvgIpc) is 3.62. The summed E-state index contributed by atoms with van der Waals surface area (Å²) in [6, 6.07) is 15.5. The Bertz CT molecular complexity index is 1030. The summed E-state index contributed by atoms with van der Waals surface area (Å²) < 4.78 is 5.62. The molecule has 2 unspecified atom stereocenters. The number of carbonyl (C=O) groups is 3. The molecule has 7 nitrogen and oxygen atoms in total. The number of hydrogen-bond acceptors (Lipinski definition) is 4. The van der Waals surface area contributed by atoms with Gasteiger partial charge < -0.3 is 20.5 Å². The van der Waals surface area contributed by atoms with Crippen LogP contribution in [0.5, 0.6) is 0 Å². The molecule has 2 amide bonds. The first-order chi connectivity index (χ1) is 16.8. The highest BCUT2D eigenvalue weighted by atomic mass is 16.5. The molecular formula is C28H34N2O5. The lowest BCUT2D eigenvalue weighted by Gasteiger charge is -2.22. The quantitative estimate of drug-likeness (QED) is 0.439. The molecule has 1 fully saturated rings. The number of alkyl carbamates (subject to hydrolysis) is 1. The van der Waals surface area contributed by atoms with Gasteiger partial charge in [-0.15, -0.1) is 0 Å². The maximum absolute atomic E-state index is 12.9. The number of hydrogen-bond donors (Lipinski definition) is 3. The number of nitrogens with one attached hydrogen (secondary N) is 2. The van der Waals surface area contributed by atoms with Crippen molar-refractivity contribution in [1.29, 1.82) is 0 Å². The smallest absolute Gasteiger partial charge is 0.407 e. The van der Waals surface area contributed by atoms with Crippen LogP contribution in [0.25, 0.3) is 11.1 Å². The van der Waals surface area contributed by atoms with Gasteiger partial charge in [0.05, 0.1) is 6.42 Å². The van der Waals surface area contributed by atoms with E-state index in [1.54, 1.807) is 0 Å². The second-order valence-electron chi connectivity index (χ2n) is 10.1. The molecule has 2 aromatic rings. The molecular weight excluding hydrogens is 444 g/mol. The molecule has 2 aliphatic rings. The molecule has 2 aromatic carbocycles. The number of rotatable bonds is 11. The second-order valence-corrected chi connectivity index (χ2v) is 10.1. The van der Waals surface area contributed by atoms with Crippen LogP contribution in [-0.2, 0) is 14.3 Å². The van der Waals surface area contributed by atoms with Crippen molar-refractivity contribution in [2.45, 2.75) is 51.5 Å². The van der Waals surface area contributed by atoms with Crippen molar-refractivity contribution in [2.75, 3.05) is 13.2 Å². The summed E-state index contributed by atoms with van der Waals surface area (Å²) >= 11 is 0. The van der Waals surface area contributed by atoms with Crippen molar-refractivity contribution in [3.63, 3.8) is 0 Å². The summed E-state index contributed by atoms with van der Waals surface area (Å²) in [5.41, 5.74) is 4.56. The van der Waals surface area contributed by atoms with Crippen LogP contribution in [0.2, 0.25) is 0 Å². The molecule has 0 saturated heterocycles. The van der Waals surface area contributed by atoms with E-state index in [2.05, 4.69) is 34.9 Å². The molecule has 2 aliphatic carbocycles. The Morgan fingerprint density at radius 1 is 1.00 bits per heavy atom. The van der Waals surface area contributed by atoms with Gasteiger partial charge in [0.25, 0.3) is 0 Å². The van der Waals surface area contributed by atoms with Crippen molar-refractivity contribution in [1.82, 2.24) is 10.6 Å². The van der Waals surface area contributed by atoms with Crippen molar-refractivity contribution in [3.05, 3.63) is 59.7 Å². The zero-order chi connectivity index (χ0) is 24.9. The van der Waals surface area contributed by atoms with Gasteiger partial charge in [0.2, 0.25) is 5.91 Å². The van der Waals surface area contributed by atoms with Gasteiger partial charge in [0.15, 0.2) is 0 Å². The van der Waals surface area contributed by atoms with Crippen LogP contribution in [-0.4, -0.2) is 42.3 Å². The lowest BCUT2D eigenvalue weighted by atomic mass is 9.98. The molecule has 7 heteroatoms. The van der Waals surface area contributed by atoms with Gasteiger partial charge in [-0.3, -0.25) is 9.59 Å². The molecule has 0 heterocycles. The van der Waals surface area contributed by atoms with E-state index in [0.717, 1.165) is 35.1 Å². The molecule has 35 heavy (non-hydrogen) atoms. The Morgan fingerprint density at radius 3 is 2.14 bits per heavy atom. The van der Waals surface area contributed by atoms with E-state index in [1.807, 2.05) is 38.1 Å². The van der Waals surface area contributed by atoms with Crippen LogP contribution in [0, 0.1) is 17.8 Å². The molecule has 3 N–H and O–H groups in total. The van der Waals surface area contributed by atoms with Crippen LogP contribution in [0.15, 0.2) is 48.5 Å². The molecule has 0 spiro atoms. The number of fused-ring (bicyclic) bond motifs is 3. The summed E-state index contributed by atoms with van der Waals surface area (Å²) in [6.07, 6.45) is 1.88. The van der Waals surface area contributed by atoms with Crippen molar-refractivity contribution < 1.29 is 24.2 Å². The van der Waals surface area contributed by atoms with Gasteiger partial charge in [-0.2, -0.15) is 0 Å². The zero-order valence-corrected chi connectivity index (χ0v) is 20.3. The van der Waals surface area contributed by atoms with E-state index in [9.17, 15) is 14.4 Å². The Kier molecular flexibility index (Phi) is 7.73. The highest BCUT2D eigenvalue weighted by Crippen LogP contribution is 2.44. The molecule has 4 rings (SSSR count). The minimum atomic E-state index is -0.855. The number of aliphatic carboxylic acids is 1. The Hall–Kier alpha value is -3.35. The monoisotopic (exact) mass is 478 g/mol. The van der Waals surface area contributed by atoms with Gasteiger partial charge in [-0.05, 0) is 59.3 Å². The predicted molar refractivity (Wildman–Crippen MR) is 133 cm³/mol. The maximum atomic E-state index is 12.9. The molecule has 1 saturated carbocycles. The number of amides is 2. The van der Waals surface area contributed by atoms with E-state index in [-0.39, 0.29) is 36.7 Å². The summed E-state index contributed by atoms with van der Waals surface area (Å²) in [7, 11) is 0. The Labute approximate surface area is 206 Å². The number of ether oxygens (including phenoxy) is 1. The summed E-state index contributed by atoms with van der Waals surface area (Å²) in [5, 5.41) is 14.8. The Morgan fingerprint density at radius 2 is 1.60 bits per heavy atom. The maximum Gasteiger partial charge on any atom is 0.407 e. The zero-order valence-electron chi connectivity index (χ0n) is 20.3. The first kappa shape index (κ1) is 24.8. The standard InChI is InChI=1S/C28H34N2O5/c1-17(2)13-25(27(33)29-15-19(14-26(31)32)18-11-12-18)30-28(34)35-16-24-22-9-5-3-7-20(22)21-8-4-6-10-23(21)24/h3-10,17-19,24-25H,11-16H2,1-2H3,(H,29,33)(H,30,34)(H,31,32). The topological polar surface area (TPSA) is 105 Å². The van der Waals surface area contributed by atoms with Gasteiger partial charge in [-0.1, -0.05) is 62.4 Å². The third-order valence-electron chi connectivity index (χ3n) is 6.92. The van der Waals surface area contributed by atoms with E-state index in [1.165, 1.54) is 0 Å². The third kappa shape index (κ3) is 6.21. The lowest BCUT2D eigenvalue weighted by Crippen LogP contribution is -2.48. The minimum Gasteiger partial charge on any atom is -0.481 e. The fourth-order valence-corrected chi connectivity index (χ4v) is 5.04. The number of benzene rings is 2. The molecule has 186 valence electrons. The molecule has 0 aromatic heterocycles. The second kappa shape index (κ2) is 10.9. The van der Waals surface area contributed by atoms with E-state index >= 15 is 0 Å². The van der Waals surface area contributed by atoms with Crippen LogP contribution < -0.4 is 10.6 Å². The fourth-order valence-electron chi connectivity index (χ4n) is 5.04. The first-order valence-electron chi connectivity index (χ1n) is 12.4. The van der Waals surface area contributed by atoms with Gasteiger partial charge >= 0.3 is 12.1 Å². The highest BCUT2D eigenvalue weighted by Gasteiger charge is 2.34. The van der Waals surface area contributed by atoms with Crippen LogP contribution in [0.3, 0.4) is 0 Å². The summed E-state index contributed by atoms with van der Waals surface area (Å²) in [5.74, 6) is -0.760. The third-order valence-corrected chi connectivity index (χ3v) is 6.92. The number of carbonyl (C=O) groups excluding carboxylic acids is 2. The summed E-state index contributed by atoms with van der Waals surface area (Å²) in [4.78, 5) is 36.8. The minimum absolute atomic E-state index is 0.0413. The number of carboxylic acids is 1. The average molecular weight is 479 g/mol. The molecule has 0 radical (unpaired) electrons. The van der Waals surface area contributed by atoms with Gasteiger partial charge in [-0.25, -0.2) is 4.79 Å². The first-order valence-corrected chi connectivity index (χ1v) is 12.4. The normalized spacial score (nSPS) is 16.2. The largest absolute Gasteiger partial charge is 0.481 e. The van der Waals surface area contributed by atoms with E-state index in [0.29, 0.717) is 18.9 Å². The summed E-state index contributed by atoms with van der Waals surface area (Å²) in [6.45, 7) is 4.45. The predicted octanol–water partition coefficient (Wildman–Crippen LogP) is 4.56. The lowest BCUT2D eigenvalue weighted by molar-refractivity contribution is -0.138. The van der Waals surface area contributed by atoms with Crippen molar-refractivity contribution >= 4 is 18.0 Å². The molecule has 2 atom stereocenters. The van der Waals surface area contributed by atoms with Gasteiger partial charge in [0, 0.05) is 12.5 Å². The van der Waals surface area contributed by atoms with Crippen LogP contribution in [0.4, 0.5) is 4.79 Å². The highest BCUT2D eigenvalue weighted by molar-refractivity contribution is 5.85. The van der Waals surface area contributed by atoms with Gasteiger partial charge in [0.1, 0.15) is 12.6 Å². The van der Waals surface area contributed by atoms with E-state index < -0.39 is 18.1 Å². The van der Waals surface area contributed by atoms with Crippen LogP contribution in [0.1, 0.15) is 56.6 Å². The van der Waals surface area contributed by atoms with E-state index in [4.69, 9.17) is 9.84 Å². The SMILES string of the molecule is CC(C)CC(NC(=O)OCC1c2ccccc2-c2ccccc21)C(=O)NCC(CC(=O)O)C1CC1. The molecule has 0 aliphatic heterocycles. The van der Waals surface area contributed by atoms with Crippen molar-refractivity contribution in [3.8, 4) is 11.1 Å². The molecule has 0 bridgehead atoms. The van der Waals surface area contributed by atoms with Crippen molar-refractivity contribution in [2.24, 2.45) is 17.8 Å². The fraction of sp³-hybridized carbons (Fsp3) is 0.464. The Balaban J connectivity index is 1.36. The van der Waals surface area contributed by atoms with Crippen LogP contribution >= 0.6 is 0 Å².